The summed E-state index contributed by atoms with van der Waals surface area (Å²) in [7, 11) is 0. The minimum Gasteiger partial charge on any atom is -0.489 e. The van der Waals surface area contributed by atoms with E-state index < -0.39 is 0 Å². The highest BCUT2D eigenvalue weighted by atomic mass is 32.2. The summed E-state index contributed by atoms with van der Waals surface area (Å²) in [5.41, 5.74) is 1.84. The van der Waals surface area contributed by atoms with Crippen LogP contribution in [0, 0.1) is 0 Å². The van der Waals surface area contributed by atoms with Gasteiger partial charge in [0, 0.05) is 12.1 Å². The van der Waals surface area contributed by atoms with Crippen molar-refractivity contribution in [3.63, 3.8) is 0 Å². The minimum atomic E-state index is -0.306. The second kappa shape index (κ2) is 9.94. The number of aromatic amines is 1. The van der Waals surface area contributed by atoms with E-state index in [0.717, 1.165) is 35.7 Å². The van der Waals surface area contributed by atoms with Gasteiger partial charge in [0.25, 0.3) is 0 Å². The van der Waals surface area contributed by atoms with Crippen molar-refractivity contribution < 1.29 is 9.53 Å². The Labute approximate surface area is 169 Å². The van der Waals surface area contributed by atoms with Gasteiger partial charge >= 0.3 is 0 Å². The Hall–Kier alpha value is -2.80. The number of amides is 1. The highest BCUT2D eigenvalue weighted by Crippen LogP contribution is 2.22. The largest absolute Gasteiger partial charge is 0.489 e. The molecule has 3 rings (SSSR count). The van der Waals surface area contributed by atoms with Gasteiger partial charge in [-0.15, -0.1) is 5.10 Å². The van der Waals surface area contributed by atoms with E-state index in [1.54, 1.807) is 0 Å². The zero-order chi connectivity index (χ0) is 19.8. The Kier molecular flexibility index (Phi) is 7.08. The first-order chi connectivity index (χ1) is 13.6. The van der Waals surface area contributed by atoms with Gasteiger partial charge in [-0.1, -0.05) is 49.0 Å². The second-order valence-corrected chi connectivity index (χ2v) is 7.67. The van der Waals surface area contributed by atoms with Gasteiger partial charge in [0.1, 0.15) is 18.2 Å². The number of thioether (sulfide) groups is 1. The molecule has 7 heteroatoms. The zero-order valence-corrected chi connectivity index (χ0v) is 16.8. The topological polar surface area (TPSA) is 79.9 Å². The number of anilines is 1. The fourth-order valence-electron chi connectivity index (χ4n) is 2.51. The van der Waals surface area contributed by atoms with Gasteiger partial charge in [-0.3, -0.25) is 9.89 Å². The van der Waals surface area contributed by atoms with Gasteiger partial charge in [0.05, 0.1) is 5.25 Å². The molecule has 2 N–H and O–H groups in total. The molecule has 0 fully saturated rings. The number of nitrogens with one attached hydrogen (secondary N) is 2. The first kappa shape index (κ1) is 19.9. The van der Waals surface area contributed by atoms with E-state index >= 15 is 0 Å². The van der Waals surface area contributed by atoms with Crippen molar-refractivity contribution in [1.82, 2.24) is 15.2 Å². The summed E-state index contributed by atoms with van der Waals surface area (Å²) in [6.07, 6.45) is 1.85. The van der Waals surface area contributed by atoms with Crippen LogP contribution in [0.4, 0.5) is 5.69 Å². The van der Waals surface area contributed by atoms with Gasteiger partial charge in [0.15, 0.2) is 0 Å². The van der Waals surface area contributed by atoms with E-state index in [0.29, 0.717) is 11.8 Å². The maximum Gasteiger partial charge on any atom is 0.237 e. The number of ether oxygens (including phenoxy) is 1. The number of carbonyl (C=O) groups excluding carboxylic acids is 1. The molecular formula is C21H24N4O2S. The molecule has 28 heavy (non-hydrogen) atoms. The van der Waals surface area contributed by atoms with Crippen LogP contribution >= 0.6 is 11.8 Å². The van der Waals surface area contributed by atoms with Crippen molar-refractivity contribution in [1.29, 1.82) is 0 Å². The Morgan fingerprint density at radius 3 is 2.64 bits per heavy atom. The smallest absolute Gasteiger partial charge is 0.237 e. The third kappa shape index (κ3) is 5.85. The number of benzene rings is 2. The molecule has 1 aromatic heterocycles. The van der Waals surface area contributed by atoms with Crippen LogP contribution in [0.5, 0.6) is 5.75 Å². The number of aryl methyl sites for hydroxylation is 1. The highest BCUT2D eigenvalue weighted by molar-refractivity contribution is 8.00. The van der Waals surface area contributed by atoms with Gasteiger partial charge in [0.2, 0.25) is 11.1 Å². The summed E-state index contributed by atoms with van der Waals surface area (Å²) in [5.74, 6) is 1.52. The lowest BCUT2D eigenvalue weighted by atomic mass is 10.2. The van der Waals surface area contributed by atoms with Gasteiger partial charge in [-0.2, -0.15) is 0 Å². The lowest BCUT2D eigenvalue weighted by molar-refractivity contribution is -0.115. The van der Waals surface area contributed by atoms with Gasteiger partial charge in [-0.25, -0.2) is 4.98 Å². The Balaban J connectivity index is 1.49. The number of H-pyrrole nitrogens is 1. The molecule has 0 unspecified atom stereocenters. The summed E-state index contributed by atoms with van der Waals surface area (Å²) in [6.45, 7) is 4.44. The van der Waals surface area contributed by atoms with Crippen LogP contribution in [-0.2, 0) is 17.8 Å². The number of hydrogen-bond donors (Lipinski definition) is 2. The molecular weight excluding hydrogens is 372 g/mol. The third-order valence-electron chi connectivity index (χ3n) is 4.02. The van der Waals surface area contributed by atoms with Crippen molar-refractivity contribution in [3.8, 4) is 5.75 Å². The van der Waals surface area contributed by atoms with Crippen LogP contribution in [0.15, 0.2) is 59.8 Å². The van der Waals surface area contributed by atoms with E-state index in [1.807, 2.05) is 61.5 Å². The standard InChI is InChI=1S/C21H24N4O2S/c1-3-7-19-23-21(25-24-19)28-15(2)20(26)22-17-10-12-18(13-11-17)27-14-16-8-5-4-6-9-16/h4-6,8-13,15H,3,7,14H2,1-2H3,(H,22,26)(H,23,24,25)/t15-/m0/s1. The third-order valence-corrected chi connectivity index (χ3v) is 4.98. The van der Waals surface area contributed by atoms with E-state index in [4.69, 9.17) is 4.74 Å². The predicted molar refractivity (Wildman–Crippen MR) is 112 cm³/mol. The highest BCUT2D eigenvalue weighted by Gasteiger charge is 2.17. The minimum absolute atomic E-state index is 0.0928. The van der Waals surface area contributed by atoms with E-state index in [1.165, 1.54) is 11.8 Å². The summed E-state index contributed by atoms with van der Waals surface area (Å²) in [5, 5.41) is 10.3. The lowest BCUT2D eigenvalue weighted by Gasteiger charge is -2.11. The van der Waals surface area contributed by atoms with E-state index in [2.05, 4.69) is 27.4 Å². The van der Waals surface area contributed by atoms with Crippen molar-refractivity contribution in [2.45, 2.75) is 43.7 Å². The molecule has 0 aliphatic heterocycles. The summed E-state index contributed by atoms with van der Waals surface area (Å²) in [6, 6.07) is 17.4. The fourth-order valence-corrected chi connectivity index (χ4v) is 3.25. The van der Waals surface area contributed by atoms with E-state index in [9.17, 15) is 4.79 Å². The Morgan fingerprint density at radius 2 is 1.93 bits per heavy atom. The number of nitrogens with zero attached hydrogens (tertiary/aromatic N) is 2. The number of hydrogen-bond acceptors (Lipinski definition) is 5. The first-order valence-electron chi connectivity index (χ1n) is 9.29. The molecule has 0 aliphatic rings. The van der Waals surface area contributed by atoms with Crippen molar-refractivity contribution >= 4 is 23.4 Å². The maximum absolute atomic E-state index is 12.4. The van der Waals surface area contributed by atoms with Crippen LogP contribution < -0.4 is 10.1 Å². The summed E-state index contributed by atoms with van der Waals surface area (Å²) < 4.78 is 5.76. The molecule has 6 nitrogen and oxygen atoms in total. The van der Waals surface area contributed by atoms with E-state index in [-0.39, 0.29) is 11.2 Å². The van der Waals surface area contributed by atoms with Crippen LogP contribution in [0.2, 0.25) is 0 Å². The summed E-state index contributed by atoms with van der Waals surface area (Å²) in [4.78, 5) is 16.8. The van der Waals surface area contributed by atoms with Crippen molar-refractivity contribution in [2.24, 2.45) is 0 Å². The molecule has 1 atom stereocenters. The molecule has 0 bridgehead atoms. The van der Waals surface area contributed by atoms with Crippen LogP contribution in [0.25, 0.3) is 0 Å². The normalized spacial score (nSPS) is 11.8. The lowest BCUT2D eigenvalue weighted by Crippen LogP contribution is -2.22. The maximum atomic E-state index is 12.4. The molecule has 3 aromatic rings. The SMILES string of the molecule is CCCc1nc(S[C@@H](C)C(=O)Nc2ccc(OCc3ccccc3)cc2)n[nH]1. The number of rotatable bonds is 9. The molecule has 146 valence electrons. The zero-order valence-electron chi connectivity index (χ0n) is 16.0. The predicted octanol–water partition coefficient (Wildman–Crippen LogP) is 4.46. The summed E-state index contributed by atoms with van der Waals surface area (Å²) >= 11 is 1.34. The molecule has 1 heterocycles. The number of aromatic nitrogens is 3. The average molecular weight is 397 g/mol. The van der Waals surface area contributed by atoms with Crippen LogP contribution in [0.1, 0.15) is 31.7 Å². The van der Waals surface area contributed by atoms with Crippen LogP contribution in [-0.4, -0.2) is 26.3 Å². The fraction of sp³-hybridized carbons (Fsp3) is 0.286. The van der Waals surface area contributed by atoms with Crippen molar-refractivity contribution in [3.05, 3.63) is 66.0 Å². The first-order valence-corrected chi connectivity index (χ1v) is 10.2. The monoisotopic (exact) mass is 396 g/mol. The molecule has 0 aliphatic carbocycles. The molecule has 0 radical (unpaired) electrons. The average Bonchev–Trinajstić information content (AvgIpc) is 3.15. The second-order valence-electron chi connectivity index (χ2n) is 6.36. The van der Waals surface area contributed by atoms with Gasteiger partial charge < -0.3 is 10.1 Å². The van der Waals surface area contributed by atoms with Crippen molar-refractivity contribution in [2.75, 3.05) is 5.32 Å². The molecule has 0 spiro atoms. The molecule has 1 amide bonds. The van der Waals surface area contributed by atoms with Crippen LogP contribution in [0.3, 0.4) is 0 Å². The number of carbonyl (C=O) groups is 1. The molecule has 0 saturated carbocycles. The quantitative estimate of drug-likeness (QED) is 0.522. The molecule has 2 aromatic carbocycles. The Morgan fingerprint density at radius 1 is 1.18 bits per heavy atom. The molecule has 0 saturated heterocycles. The van der Waals surface area contributed by atoms with Gasteiger partial charge in [-0.05, 0) is 43.2 Å². The Bertz CT molecular complexity index is 881.